The number of benzene rings is 2. The molecule has 0 spiro atoms. The number of rotatable bonds is 4. The third kappa shape index (κ3) is 3.21. The second-order valence-electron chi connectivity index (χ2n) is 5.56. The second-order valence-corrected chi connectivity index (χ2v) is 7.25. The molecule has 2 N–H and O–H groups in total. The minimum Gasteiger partial charge on any atom is -0.479 e. The molecular formula is C17H18N2O4S. The van der Waals surface area contributed by atoms with Crippen molar-refractivity contribution in [1.82, 2.24) is 0 Å². The number of hydrogen-bond donors (Lipinski definition) is 2. The van der Waals surface area contributed by atoms with Crippen LogP contribution in [0.4, 0.5) is 11.4 Å². The molecule has 0 saturated carbocycles. The van der Waals surface area contributed by atoms with Crippen LogP contribution in [0, 0.1) is 0 Å². The standard InChI is InChI=1S/C17H18N2O4S/c1-3-12-4-7-14(8-5-12)24(21,22)19-13-6-9-16-15(10-13)18-17(20)11(2)23-16/h4-11,19H,3H2,1-2H3,(H,18,20)/t11-/m0/s1. The van der Waals surface area contributed by atoms with E-state index < -0.39 is 16.1 Å². The molecular weight excluding hydrogens is 328 g/mol. The summed E-state index contributed by atoms with van der Waals surface area (Å²) in [6.45, 7) is 3.65. The Morgan fingerprint density at radius 1 is 1.17 bits per heavy atom. The molecule has 126 valence electrons. The van der Waals surface area contributed by atoms with Crippen molar-refractivity contribution in [1.29, 1.82) is 0 Å². The normalized spacial score (nSPS) is 16.8. The first-order chi connectivity index (χ1) is 11.4. The van der Waals surface area contributed by atoms with E-state index in [9.17, 15) is 13.2 Å². The van der Waals surface area contributed by atoms with Gasteiger partial charge in [-0.15, -0.1) is 0 Å². The van der Waals surface area contributed by atoms with Gasteiger partial charge in [0.2, 0.25) is 0 Å². The Labute approximate surface area is 140 Å². The zero-order valence-corrected chi connectivity index (χ0v) is 14.2. The number of carbonyl (C=O) groups excluding carboxylic acids is 1. The Bertz CT molecular complexity index is 876. The van der Waals surface area contributed by atoms with Crippen LogP contribution >= 0.6 is 0 Å². The molecule has 24 heavy (non-hydrogen) atoms. The summed E-state index contributed by atoms with van der Waals surface area (Å²) in [4.78, 5) is 11.8. The van der Waals surface area contributed by atoms with Crippen LogP contribution in [0.25, 0.3) is 0 Å². The predicted molar refractivity (Wildman–Crippen MR) is 91.8 cm³/mol. The molecule has 0 aliphatic carbocycles. The summed E-state index contributed by atoms with van der Waals surface area (Å²) in [5, 5.41) is 2.69. The first-order valence-corrected chi connectivity index (χ1v) is 9.10. The van der Waals surface area contributed by atoms with Crippen molar-refractivity contribution in [3.63, 3.8) is 0 Å². The van der Waals surface area contributed by atoms with E-state index in [1.54, 1.807) is 43.3 Å². The summed E-state index contributed by atoms with van der Waals surface area (Å²) in [7, 11) is -3.69. The van der Waals surface area contributed by atoms with Crippen molar-refractivity contribution in [3.8, 4) is 5.75 Å². The molecule has 1 aliphatic rings. The summed E-state index contributed by atoms with van der Waals surface area (Å²) in [6, 6.07) is 11.5. The first kappa shape index (κ1) is 16.3. The van der Waals surface area contributed by atoms with Gasteiger partial charge in [-0.05, 0) is 49.2 Å². The molecule has 3 rings (SSSR count). The van der Waals surface area contributed by atoms with Crippen molar-refractivity contribution in [2.24, 2.45) is 0 Å². The van der Waals surface area contributed by atoms with Crippen molar-refractivity contribution < 1.29 is 17.9 Å². The van der Waals surface area contributed by atoms with E-state index in [-0.39, 0.29) is 10.8 Å². The number of hydrogen-bond acceptors (Lipinski definition) is 4. The molecule has 0 aromatic heterocycles. The number of carbonyl (C=O) groups is 1. The maximum absolute atomic E-state index is 12.5. The number of amides is 1. The average molecular weight is 346 g/mol. The van der Waals surface area contributed by atoms with Crippen LogP contribution in [0.2, 0.25) is 0 Å². The van der Waals surface area contributed by atoms with Gasteiger partial charge in [0.25, 0.3) is 15.9 Å². The van der Waals surface area contributed by atoms with E-state index in [0.29, 0.717) is 17.1 Å². The Morgan fingerprint density at radius 2 is 1.88 bits per heavy atom. The fourth-order valence-corrected chi connectivity index (χ4v) is 3.44. The van der Waals surface area contributed by atoms with Gasteiger partial charge in [0, 0.05) is 0 Å². The minimum atomic E-state index is -3.69. The molecule has 0 radical (unpaired) electrons. The number of nitrogens with one attached hydrogen (secondary N) is 2. The van der Waals surface area contributed by atoms with E-state index >= 15 is 0 Å². The van der Waals surface area contributed by atoms with Gasteiger partial charge in [0.1, 0.15) is 5.75 Å². The Morgan fingerprint density at radius 3 is 2.54 bits per heavy atom. The lowest BCUT2D eigenvalue weighted by Gasteiger charge is -2.23. The highest BCUT2D eigenvalue weighted by Crippen LogP contribution is 2.32. The minimum absolute atomic E-state index is 0.186. The predicted octanol–water partition coefficient (Wildman–Crippen LogP) is 2.77. The van der Waals surface area contributed by atoms with Crippen molar-refractivity contribution >= 4 is 27.3 Å². The molecule has 2 aromatic rings. The third-order valence-corrected chi connectivity index (χ3v) is 5.20. The lowest BCUT2D eigenvalue weighted by atomic mass is 10.2. The van der Waals surface area contributed by atoms with E-state index in [1.807, 2.05) is 6.92 Å². The smallest absolute Gasteiger partial charge is 0.265 e. The molecule has 2 aromatic carbocycles. The largest absolute Gasteiger partial charge is 0.479 e. The Hall–Kier alpha value is -2.54. The van der Waals surface area contributed by atoms with Crippen LogP contribution in [0.3, 0.4) is 0 Å². The van der Waals surface area contributed by atoms with Gasteiger partial charge in [-0.3, -0.25) is 9.52 Å². The first-order valence-electron chi connectivity index (χ1n) is 7.62. The van der Waals surface area contributed by atoms with Crippen LogP contribution in [0.1, 0.15) is 19.4 Å². The lowest BCUT2D eigenvalue weighted by molar-refractivity contribution is -0.122. The van der Waals surface area contributed by atoms with Gasteiger partial charge in [-0.1, -0.05) is 19.1 Å². The molecule has 1 atom stereocenters. The molecule has 1 amide bonds. The van der Waals surface area contributed by atoms with Gasteiger partial charge < -0.3 is 10.1 Å². The quantitative estimate of drug-likeness (QED) is 0.891. The van der Waals surface area contributed by atoms with Crippen molar-refractivity contribution in [3.05, 3.63) is 48.0 Å². The van der Waals surface area contributed by atoms with Gasteiger partial charge in [-0.2, -0.15) is 0 Å². The van der Waals surface area contributed by atoms with E-state index in [2.05, 4.69) is 10.0 Å². The summed E-state index contributed by atoms with van der Waals surface area (Å²) in [6.07, 6.45) is 0.272. The highest BCUT2D eigenvalue weighted by molar-refractivity contribution is 7.92. The van der Waals surface area contributed by atoms with E-state index in [4.69, 9.17) is 4.74 Å². The van der Waals surface area contributed by atoms with Crippen molar-refractivity contribution in [2.45, 2.75) is 31.3 Å². The van der Waals surface area contributed by atoms with Crippen LogP contribution in [-0.2, 0) is 21.2 Å². The monoisotopic (exact) mass is 346 g/mol. The number of fused-ring (bicyclic) bond motifs is 1. The molecule has 7 heteroatoms. The van der Waals surface area contributed by atoms with E-state index in [0.717, 1.165) is 12.0 Å². The fourth-order valence-electron chi connectivity index (χ4n) is 2.39. The highest BCUT2D eigenvalue weighted by Gasteiger charge is 2.24. The fraction of sp³-hybridized carbons (Fsp3) is 0.235. The topological polar surface area (TPSA) is 84.5 Å². The number of ether oxygens (including phenoxy) is 1. The lowest BCUT2D eigenvalue weighted by Crippen LogP contribution is -2.34. The molecule has 0 fully saturated rings. The molecule has 0 saturated heterocycles. The number of anilines is 2. The van der Waals surface area contributed by atoms with Crippen molar-refractivity contribution in [2.75, 3.05) is 10.0 Å². The Balaban J connectivity index is 1.85. The summed E-state index contributed by atoms with van der Waals surface area (Å²) >= 11 is 0. The molecule has 0 bridgehead atoms. The zero-order chi connectivity index (χ0) is 17.3. The number of sulfonamides is 1. The average Bonchev–Trinajstić information content (AvgIpc) is 2.56. The summed E-state index contributed by atoms with van der Waals surface area (Å²) < 4.78 is 32.9. The SMILES string of the molecule is CCc1ccc(S(=O)(=O)Nc2ccc3c(c2)NC(=O)[C@H](C)O3)cc1. The summed E-state index contributed by atoms with van der Waals surface area (Å²) in [5.41, 5.74) is 1.86. The van der Waals surface area contributed by atoms with Crippen LogP contribution in [0.15, 0.2) is 47.4 Å². The molecule has 6 nitrogen and oxygen atoms in total. The third-order valence-electron chi connectivity index (χ3n) is 3.80. The Kier molecular flexibility index (Phi) is 4.19. The van der Waals surface area contributed by atoms with E-state index in [1.165, 1.54) is 6.07 Å². The molecule has 1 aliphatic heterocycles. The zero-order valence-electron chi connectivity index (χ0n) is 13.4. The number of aryl methyl sites for hydroxylation is 1. The summed E-state index contributed by atoms with van der Waals surface area (Å²) in [5.74, 6) is 0.245. The molecule has 1 heterocycles. The van der Waals surface area contributed by atoms with Crippen LogP contribution < -0.4 is 14.8 Å². The van der Waals surface area contributed by atoms with Gasteiger partial charge in [0.15, 0.2) is 6.10 Å². The maximum atomic E-state index is 12.5. The van der Waals surface area contributed by atoms with Crippen LogP contribution in [-0.4, -0.2) is 20.4 Å². The van der Waals surface area contributed by atoms with Gasteiger partial charge >= 0.3 is 0 Å². The van der Waals surface area contributed by atoms with Crippen LogP contribution in [0.5, 0.6) is 5.75 Å². The highest BCUT2D eigenvalue weighted by atomic mass is 32.2. The van der Waals surface area contributed by atoms with Gasteiger partial charge in [0.05, 0.1) is 16.3 Å². The molecule has 0 unspecified atom stereocenters. The van der Waals surface area contributed by atoms with Gasteiger partial charge in [-0.25, -0.2) is 8.42 Å². The second kappa shape index (κ2) is 6.16. The maximum Gasteiger partial charge on any atom is 0.265 e.